The molecule has 3 heteroatoms. The van der Waals surface area contributed by atoms with Crippen LogP contribution < -0.4 is 5.32 Å². The maximum absolute atomic E-state index is 13.4. The minimum Gasteiger partial charge on any atom is -0.310 e. The van der Waals surface area contributed by atoms with Crippen LogP contribution in [-0.2, 0) is 6.54 Å². The summed E-state index contributed by atoms with van der Waals surface area (Å²) in [5.74, 6) is 0.435. The van der Waals surface area contributed by atoms with E-state index in [1.165, 1.54) is 6.07 Å². The second-order valence-corrected chi connectivity index (χ2v) is 5.05. The van der Waals surface area contributed by atoms with Crippen molar-refractivity contribution < 1.29 is 4.39 Å². The van der Waals surface area contributed by atoms with E-state index in [4.69, 9.17) is 5.26 Å². The highest BCUT2D eigenvalue weighted by Crippen LogP contribution is 2.26. The van der Waals surface area contributed by atoms with Crippen LogP contribution in [0.5, 0.6) is 0 Å². The molecule has 1 aromatic rings. The van der Waals surface area contributed by atoms with Crippen molar-refractivity contribution in [2.45, 2.75) is 44.7 Å². The van der Waals surface area contributed by atoms with E-state index in [1.54, 1.807) is 6.07 Å². The molecule has 1 N–H and O–H groups in total. The molecule has 0 bridgehead atoms. The zero-order valence-electron chi connectivity index (χ0n) is 10.5. The standard InChI is InChI=1S/C15H19FN2/c16-15-4-2-1-3-13(15)11-18-14-7-5-12(6-8-14)9-10-17/h1-4,12,14,18H,5-9,11H2. The summed E-state index contributed by atoms with van der Waals surface area (Å²) in [6.07, 6.45) is 5.10. The molecular weight excluding hydrogens is 227 g/mol. The van der Waals surface area contributed by atoms with Crippen LogP contribution in [0.2, 0.25) is 0 Å². The summed E-state index contributed by atoms with van der Waals surface area (Å²) in [4.78, 5) is 0. The maximum atomic E-state index is 13.4. The highest BCUT2D eigenvalue weighted by atomic mass is 19.1. The number of benzene rings is 1. The Labute approximate surface area is 108 Å². The summed E-state index contributed by atoms with van der Waals surface area (Å²) in [5.41, 5.74) is 0.733. The van der Waals surface area contributed by atoms with Gasteiger partial charge in [-0.05, 0) is 37.7 Å². The minimum absolute atomic E-state index is 0.136. The van der Waals surface area contributed by atoms with Gasteiger partial charge in [0, 0.05) is 24.6 Å². The third kappa shape index (κ3) is 3.54. The predicted octanol–water partition coefficient (Wildman–Crippen LogP) is 3.39. The SMILES string of the molecule is N#CCC1CCC(NCc2ccccc2F)CC1. The highest BCUT2D eigenvalue weighted by molar-refractivity contribution is 5.17. The fourth-order valence-corrected chi connectivity index (χ4v) is 2.60. The van der Waals surface area contributed by atoms with Gasteiger partial charge in [0.25, 0.3) is 0 Å². The topological polar surface area (TPSA) is 35.8 Å². The number of hydrogen-bond acceptors (Lipinski definition) is 2. The smallest absolute Gasteiger partial charge is 0.127 e. The van der Waals surface area contributed by atoms with E-state index in [-0.39, 0.29) is 5.82 Å². The van der Waals surface area contributed by atoms with Gasteiger partial charge in [0.1, 0.15) is 5.82 Å². The molecule has 0 unspecified atom stereocenters. The molecule has 96 valence electrons. The van der Waals surface area contributed by atoms with Gasteiger partial charge in [-0.15, -0.1) is 0 Å². The van der Waals surface area contributed by atoms with Crippen LogP contribution in [0.1, 0.15) is 37.7 Å². The number of hydrogen-bond donors (Lipinski definition) is 1. The van der Waals surface area contributed by atoms with Gasteiger partial charge in [0.05, 0.1) is 6.07 Å². The van der Waals surface area contributed by atoms with E-state index < -0.39 is 0 Å². The molecule has 0 aliphatic heterocycles. The molecule has 2 nitrogen and oxygen atoms in total. The Morgan fingerprint density at radius 2 is 1.94 bits per heavy atom. The predicted molar refractivity (Wildman–Crippen MR) is 69.2 cm³/mol. The number of rotatable bonds is 4. The molecule has 1 fully saturated rings. The van der Waals surface area contributed by atoms with Crippen LogP contribution >= 0.6 is 0 Å². The first kappa shape index (κ1) is 13.0. The molecule has 0 spiro atoms. The van der Waals surface area contributed by atoms with Crippen molar-refractivity contribution >= 4 is 0 Å². The van der Waals surface area contributed by atoms with Gasteiger partial charge in [-0.25, -0.2) is 4.39 Å². The molecule has 0 saturated heterocycles. The molecule has 0 aromatic heterocycles. The van der Waals surface area contributed by atoms with E-state index >= 15 is 0 Å². The van der Waals surface area contributed by atoms with E-state index in [0.717, 1.165) is 31.2 Å². The lowest BCUT2D eigenvalue weighted by molar-refractivity contribution is 0.293. The average molecular weight is 246 g/mol. The Morgan fingerprint density at radius 1 is 1.22 bits per heavy atom. The number of nitrogens with one attached hydrogen (secondary N) is 1. The van der Waals surface area contributed by atoms with Crippen LogP contribution in [0.15, 0.2) is 24.3 Å². The average Bonchev–Trinajstić information content (AvgIpc) is 2.40. The Morgan fingerprint density at radius 3 is 2.61 bits per heavy atom. The Bertz CT molecular complexity index is 417. The molecule has 1 aliphatic carbocycles. The van der Waals surface area contributed by atoms with Crippen LogP contribution in [0.4, 0.5) is 4.39 Å². The van der Waals surface area contributed by atoms with Gasteiger partial charge in [-0.3, -0.25) is 0 Å². The molecule has 0 amide bonds. The summed E-state index contributed by atoms with van der Waals surface area (Å²) in [5, 5.41) is 12.1. The van der Waals surface area contributed by atoms with Gasteiger partial charge in [0.2, 0.25) is 0 Å². The van der Waals surface area contributed by atoms with Gasteiger partial charge in [0.15, 0.2) is 0 Å². The fraction of sp³-hybridized carbons (Fsp3) is 0.533. The molecule has 2 rings (SSSR count). The van der Waals surface area contributed by atoms with Crippen molar-refractivity contribution in [2.24, 2.45) is 5.92 Å². The summed E-state index contributed by atoms with van der Waals surface area (Å²) in [6, 6.07) is 9.62. The zero-order chi connectivity index (χ0) is 12.8. The van der Waals surface area contributed by atoms with Crippen molar-refractivity contribution in [1.82, 2.24) is 5.32 Å². The van der Waals surface area contributed by atoms with Crippen LogP contribution in [-0.4, -0.2) is 6.04 Å². The molecule has 18 heavy (non-hydrogen) atoms. The van der Waals surface area contributed by atoms with E-state index in [0.29, 0.717) is 24.9 Å². The lowest BCUT2D eigenvalue weighted by Crippen LogP contribution is -2.32. The summed E-state index contributed by atoms with van der Waals surface area (Å²) >= 11 is 0. The van der Waals surface area contributed by atoms with Crippen LogP contribution in [0.3, 0.4) is 0 Å². The van der Waals surface area contributed by atoms with Crippen molar-refractivity contribution in [3.05, 3.63) is 35.6 Å². The molecular formula is C15H19FN2. The zero-order valence-corrected chi connectivity index (χ0v) is 10.5. The maximum Gasteiger partial charge on any atom is 0.127 e. The number of nitriles is 1. The summed E-state index contributed by atoms with van der Waals surface area (Å²) < 4.78 is 13.4. The summed E-state index contributed by atoms with van der Waals surface area (Å²) in [7, 11) is 0. The lowest BCUT2D eigenvalue weighted by Gasteiger charge is -2.28. The molecule has 0 radical (unpaired) electrons. The van der Waals surface area contributed by atoms with E-state index in [2.05, 4.69) is 11.4 Å². The fourth-order valence-electron chi connectivity index (χ4n) is 2.60. The Hall–Kier alpha value is -1.40. The van der Waals surface area contributed by atoms with Crippen molar-refractivity contribution in [3.8, 4) is 6.07 Å². The second-order valence-electron chi connectivity index (χ2n) is 5.05. The van der Waals surface area contributed by atoms with E-state index in [9.17, 15) is 4.39 Å². The van der Waals surface area contributed by atoms with Gasteiger partial charge < -0.3 is 5.32 Å². The molecule has 1 aromatic carbocycles. The van der Waals surface area contributed by atoms with Crippen molar-refractivity contribution in [3.63, 3.8) is 0 Å². The largest absolute Gasteiger partial charge is 0.310 e. The number of nitrogens with zero attached hydrogens (tertiary/aromatic N) is 1. The monoisotopic (exact) mass is 246 g/mol. The van der Waals surface area contributed by atoms with Gasteiger partial charge in [-0.2, -0.15) is 5.26 Å². The first-order valence-electron chi connectivity index (χ1n) is 6.63. The minimum atomic E-state index is -0.136. The molecule has 1 saturated carbocycles. The van der Waals surface area contributed by atoms with Crippen molar-refractivity contribution in [1.29, 1.82) is 5.26 Å². The van der Waals surface area contributed by atoms with E-state index in [1.807, 2.05) is 12.1 Å². The second kappa shape index (κ2) is 6.51. The molecule has 1 aliphatic rings. The Balaban J connectivity index is 1.76. The van der Waals surface area contributed by atoms with Gasteiger partial charge in [-0.1, -0.05) is 18.2 Å². The third-order valence-corrected chi connectivity index (χ3v) is 3.77. The van der Waals surface area contributed by atoms with Gasteiger partial charge >= 0.3 is 0 Å². The quantitative estimate of drug-likeness (QED) is 0.884. The molecule has 0 heterocycles. The molecule has 0 atom stereocenters. The third-order valence-electron chi connectivity index (χ3n) is 3.77. The number of halogens is 1. The normalized spacial score (nSPS) is 23.6. The summed E-state index contributed by atoms with van der Waals surface area (Å²) in [6.45, 7) is 0.597. The lowest BCUT2D eigenvalue weighted by atomic mass is 9.84. The van der Waals surface area contributed by atoms with Crippen molar-refractivity contribution in [2.75, 3.05) is 0 Å². The van der Waals surface area contributed by atoms with Crippen LogP contribution in [0.25, 0.3) is 0 Å². The Kier molecular flexibility index (Phi) is 4.72. The first-order chi connectivity index (χ1) is 8.79. The van der Waals surface area contributed by atoms with Crippen LogP contribution in [0, 0.1) is 23.1 Å². The first-order valence-corrected chi connectivity index (χ1v) is 6.63. The highest BCUT2D eigenvalue weighted by Gasteiger charge is 2.20.